The van der Waals surface area contributed by atoms with Crippen LogP contribution in [0.5, 0.6) is 11.5 Å². The van der Waals surface area contributed by atoms with Crippen molar-refractivity contribution in [2.45, 2.75) is 32.2 Å². The van der Waals surface area contributed by atoms with Crippen LogP contribution in [0.3, 0.4) is 0 Å². The van der Waals surface area contributed by atoms with Crippen LogP contribution in [-0.2, 0) is 11.2 Å². The minimum Gasteiger partial charge on any atom is -0.454 e. The first-order valence-electron chi connectivity index (χ1n) is 9.26. The van der Waals surface area contributed by atoms with Crippen LogP contribution in [0.4, 0.5) is 5.69 Å². The van der Waals surface area contributed by atoms with Crippen molar-refractivity contribution in [1.29, 1.82) is 0 Å². The lowest BCUT2D eigenvalue weighted by molar-refractivity contribution is -0.113. The van der Waals surface area contributed by atoms with E-state index in [1.165, 1.54) is 11.8 Å². The van der Waals surface area contributed by atoms with Gasteiger partial charge in [-0.1, -0.05) is 30.8 Å². The number of hydrogen-bond donors (Lipinski definition) is 1. The second kappa shape index (κ2) is 7.72. The first kappa shape index (κ1) is 18.6. The average Bonchev–Trinajstić information content (AvgIpc) is 3.13. The van der Waals surface area contributed by atoms with Gasteiger partial charge in [-0.25, -0.2) is 4.98 Å². The molecule has 1 amide bonds. The summed E-state index contributed by atoms with van der Waals surface area (Å²) in [6.07, 6.45) is 0.846. The van der Waals surface area contributed by atoms with E-state index in [0.717, 1.165) is 50.5 Å². The molecule has 28 heavy (non-hydrogen) atoms. The highest BCUT2D eigenvalue weighted by Gasteiger charge is 2.17. The Morgan fingerprint density at radius 2 is 1.93 bits per heavy atom. The molecule has 1 aliphatic heterocycles. The predicted molar refractivity (Wildman–Crippen MR) is 113 cm³/mol. The Morgan fingerprint density at radius 3 is 2.71 bits per heavy atom. The molecule has 2 aromatic carbocycles. The summed E-state index contributed by atoms with van der Waals surface area (Å²) in [5, 5.41) is 4.90. The molecule has 3 aromatic rings. The monoisotopic (exact) mass is 394 g/mol. The summed E-state index contributed by atoms with van der Waals surface area (Å²) < 4.78 is 10.9. The Labute approximate surface area is 168 Å². The third-order valence-corrected chi connectivity index (χ3v) is 5.77. The highest BCUT2D eigenvalue weighted by Crippen LogP contribution is 2.37. The van der Waals surface area contributed by atoms with Crippen molar-refractivity contribution in [1.82, 2.24) is 4.98 Å². The van der Waals surface area contributed by atoms with Gasteiger partial charge >= 0.3 is 0 Å². The molecule has 0 radical (unpaired) electrons. The number of nitrogens with one attached hydrogen (secondary N) is 1. The summed E-state index contributed by atoms with van der Waals surface area (Å²) in [6, 6.07) is 12.0. The zero-order valence-corrected chi connectivity index (χ0v) is 17.0. The number of pyridine rings is 1. The van der Waals surface area contributed by atoms with Crippen molar-refractivity contribution >= 4 is 34.3 Å². The number of thioether (sulfide) groups is 1. The molecule has 1 aliphatic rings. The summed E-state index contributed by atoms with van der Waals surface area (Å²) in [6.45, 7) is 6.34. The Hall–Kier alpha value is -2.73. The van der Waals surface area contributed by atoms with E-state index in [0.29, 0.717) is 11.5 Å². The smallest absolute Gasteiger partial charge is 0.234 e. The molecule has 1 aromatic heterocycles. The lowest BCUT2D eigenvalue weighted by Gasteiger charge is -2.11. The van der Waals surface area contributed by atoms with Crippen molar-refractivity contribution in [3.05, 3.63) is 53.1 Å². The Balaban J connectivity index is 1.53. The lowest BCUT2D eigenvalue weighted by Crippen LogP contribution is -2.15. The number of ether oxygens (including phenoxy) is 2. The number of aromatic nitrogens is 1. The Bertz CT molecular complexity index is 1070. The van der Waals surface area contributed by atoms with E-state index in [1.54, 1.807) is 0 Å². The molecule has 0 spiro atoms. The number of rotatable bonds is 5. The summed E-state index contributed by atoms with van der Waals surface area (Å²) in [5.41, 5.74) is 5.00. The molecule has 0 bridgehead atoms. The van der Waals surface area contributed by atoms with Gasteiger partial charge in [0.05, 0.1) is 11.3 Å². The van der Waals surface area contributed by atoms with Gasteiger partial charge in [0.2, 0.25) is 12.7 Å². The van der Waals surface area contributed by atoms with Gasteiger partial charge in [0, 0.05) is 17.1 Å². The van der Waals surface area contributed by atoms with E-state index in [1.807, 2.05) is 44.2 Å². The largest absolute Gasteiger partial charge is 0.454 e. The van der Waals surface area contributed by atoms with Gasteiger partial charge in [0.25, 0.3) is 0 Å². The van der Waals surface area contributed by atoms with Crippen LogP contribution < -0.4 is 14.8 Å². The van der Waals surface area contributed by atoms with E-state index >= 15 is 0 Å². The van der Waals surface area contributed by atoms with Crippen LogP contribution in [0.15, 0.2) is 41.4 Å². The van der Waals surface area contributed by atoms with Crippen LogP contribution in [-0.4, -0.2) is 23.4 Å². The fourth-order valence-corrected chi connectivity index (χ4v) is 4.05. The van der Waals surface area contributed by atoms with Crippen LogP contribution in [0.1, 0.15) is 23.6 Å². The second-order valence-electron chi connectivity index (χ2n) is 6.86. The first-order chi connectivity index (χ1) is 13.5. The molecule has 4 rings (SSSR count). The van der Waals surface area contributed by atoms with Gasteiger partial charge in [0.15, 0.2) is 11.5 Å². The molecule has 0 saturated carbocycles. The predicted octanol–water partition coefficient (Wildman–Crippen LogP) is 4.87. The fraction of sp³-hybridized carbons (Fsp3) is 0.273. The standard InChI is InChI=1S/C22H22N2O3S/c1-4-15-8-16-9-19-20(27-12-26-19)10-18(16)24-22(15)28-11-21(25)23-17-7-13(2)5-6-14(17)3/h5-10H,4,11-12H2,1-3H3,(H,23,25). The summed E-state index contributed by atoms with van der Waals surface area (Å²) >= 11 is 1.46. The Morgan fingerprint density at radius 1 is 1.14 bits per heavy atom. The maximum Gasteiger partial charge on any atom is 0.234 e. The van der Waals surface area contributed by atoms with Gasteiger partial charge in [-0.3, -0.25) is 4.79 Å². The molecule has 2 heterocycles. The maximum atomic E-state index is 12.5. The van der Waals surface area contributed by atoms with Crippen LogP contribution >= 0.6 is 11.8 Å². The number of carbonyl (C=O) groups excluding carboxylic acids is 1. The van der Waals surface area contributed by atoms with Crippen LogP contribution in [0.2, 0.25) is 0 Å². The van der Waals surface area contributed by atoms with Crippen molar-refractivity contribution < 1.29 is 14.3 Å². The number of nitrogens with zero attached hydrogens (tertiary/aromatic N) is 1. The molecule has 144 valence electrons. The first-order valence-corrected chi connectivity index (χ1v) is 10.2. The van der Waals surface area contributed by atoms with Crippen LogP contribution in [0, 0.1) is 13.8 Å². The van der Waals surface area contributed by atoms with E-state index in [-0.39, 0.29) is 12.7 Å². The molecule has 5 nitrogen and oxygen atoms in total. The molecule has 0 aliphatic carbocycles. The summed E-state index contributed by atoms with van der Waals surface area (Å²) in [5.74, 6) is 1.74. The van der Waals surface area contributed by atoms with Gasteiger partial charge < -0.3 is 14.8 Å². The molecule has 1 N–H and O–H groups in total. The van der Waals surface area contributed by atoms with E-state index in [2.05, 4.69) is 18.3 Å². The highest BCUT2D eigenvalue weighted by molar-refractivity contribution is 8.00. The number of fused-ring (bicyclic) bond motifs is 2. The van der Waals surface area contributed by atoms with E-state index < -0.39 is 0 Å². The summed E-state index contributed by atoms with van der Waals surface area (Å²) in [4.78, 5) is 17.3. The van der Waals surface area contributed by atoms with Gasteiger partial charge in [-0.05, 0) is 55.2 Å². The third-order valence-electron chi connectivity index (χ3n) is 4.74. The zero-order chi connectivity index (χ0) is 19.7. The number of aryl methyl sites for hydroxylation is 3. The van der Waals surface area contributed by atoms with Crippen molar-refractivity contribution in [2.24, 2.45) is 0 Å². The van der Waals surface area contributed by atoms with E-state index in [4.69, 9.17) is 14.5 Å². The molecular weight excluding hydrogens is 372 g/mol. The number of benzene rings is 2. The average molecular weight is 394 g/mol. The minimum atomic E-state index is -0.0339. The molecule has 0 atom stereocenters. The van der Waals surface area contributed by atoms with Gasteiger partial charge in [-0.15, -0.1) is 0 Å². The lowest BCUT2D eigenvalue weighted by atomic mass is 10.1. The highest BCUT2D eigenvalue weighted by atomic mass is 32.2. The number of hydrogen-bond acceptors (Lipinski definition) is 5. The molecule has 0 saturated heterocycles. The fourth-order valence-electron chi connectivity index (χ4n) is 3.16. The van der Waals surface area contributed by atoms with Crippen molar-refractivity contribution in [3.63, 3.8) is 0 Å². The zero-order valence-electron chi connectivity index (χ0n) is 16.2. The molecule has 6 heteroatoms. The molecular formula is C22H22N2O3S. The SMILES string of the molecule is CCc1cc2cc3c(cc2nc1SCC(=O)Nc1cc(C)ccc1C)OCO3. The van der Waals surface area contributed by atoms with Crippen molar-refractivity contribution in [2.75, 3.05) is 17.9 Å². The molecule has 0 fully saturated rings. The van der Waals surface area contributed by atoms with Crippen molar-refractivity contribution in [3.8, 4) is 11.5 Å². The van der Waals surface area contributed by atoms with Crippen LogP contribution in [0.25, 0.3) is 10.9 Å². The Kier molecular flexibility index (Phi) is 5.13. The second-order valence-corrected chi connectivity index (χ2v) is 7.82. The number of carbonyl (C=O) groups is 1. The topological polar surface area (TPSA) is 60.5 Å². The number of anilines is 1. The molecule has 0 unspecified atom stereocenters. The van der Waals surface area contributed by atoms with E-state index in [9.17, 15) is 4.79 Å². The van der Waals surface area contributed by atoms with Gasteiger partial charge in [0.1, 0.15) is 5.03 Å². The minimum absolute atomic E-state index is 0.0339. The summed E-state index contributed by atoms with van der Waals surface area (Å²) in [7, 11) is 0. The van der Waals surface area contributed by atoms with Gasteiger partial charge in [-0.2, -0.15) is 0 Å². The third kappa shape index (κ3) is 3.78. The number of amides is 1. The quantitative estimate of drug-likeness (QED) is 0.626. The maximum absolute atomic E-state index is 12.5. The normalized spacial score (nSPS) is 12.4.